The molecule has 1 saturated carbocycles. The number of nitrogens with zero attached hydrogens (tertiary/aromatic N) is 3. The molecule has 2 fully saturated rings. The lowest BCUT2D eigenvalue weighted by atomic mass is 10.2. The van der Waals surface area contributed by atoms with Gasteiger partial charge in [0, 0.05) is 51.0 Å². The molecular formula is C14H21FN4. The van der Waals surface area contributed by atoms with E-state index < -0.39 is 0 Å². The van der Waals surface area contributed by atoms with Crippen molar-refractivity contribution in [2.24, 2.45) is 11.7 Å². The molecule has 0 radical (unpaired) electrons. The highest BCUT2D eigenvalue weighted by atomic mass is 19.1. The summed E-state index contributed by atoms with van der Waals surface area (Å²) >= 11 is 0. The van der Waals surface area contributed by atoms with Gasteiger partial charge in [-0.25, -0.2) is 9.37 Å². The maximum absolute atomic E-state index is 14.2. The Hall–Kier alpha value is -1.20. The fourth-order valence-corrected chi connectivity index (χ4v) is 2.66. The average molecular weight is 264 g/mol. The summed E-state index contributed by atoms with van der Waals surface area (Å²) in [5, 5.41) is 0. The van der Waals surface area contributed by atoms with Crippen LogP contribution in [0.4, 0.5) is 10.2 Å². The Morgan fingerprint density at radius 2 is 2.00 bits per heavy atom. The van der Waals surface area contributed by atoms with E-state index in [2.05, 4.69) is 9.88 Å². The number of piperazine rings is 1. The van der Waals surface area contributed by atoms with Gasteiger partial charge in [-0.05, 0) is 24.8 Å². The predicted octanol–water partition coefficient (Wildman–Crippen LogP) is 1.21. The first-order chi connectivity index (χ1) is 9.28. The summed E-state index contributed by atoms with van der Waals surface area (Å²) in [7, 11) is 0. The largest absolute Gasteiger partial charge is 0.352 e. The Morgan fingerprint density at radius 3 is 2.63 bits per heavy atom. The molecule has 1 aromatic rings. The molecule has 0 aromatic carbocycles. The second-order valence-corrected chi connectivity index (χ2v) is 5.54. The zero-order chi connectivity index (χ0) is 13.2. The van der Waals surface area contributed by atoms with Gasteiger partial charge in [-0.15, -0.1) is 0 Å². The Balaban J connectivity index is 1.64. The van der Waals surface area contributed by atoms with Crippen LogP contribution in [0.5, 0.6) is 0 Å². The number of anilines is 1. The van der Waals surface area contributed by atoms with Gasteiger partial charge in [0.2, 0.25) is 0 Å². The maximum Gasteiger partial charge on any atom is 0.170 e. The van der Waals surface area contributed by atoms with E-state index in [1.54, 1.807) is 12.3 Å². The highest BCUT2D eigenvalue weighted by Gasteiger charge is 2.27. The van der Waals surface area contributed by atoms with Gasteiger partial charge in [-0.2, -0.15) is 0 Å². The third-order valence-corrected chi connectivity index (χ3v) is 4.06. The van der Waals surface area contributed by atoms with Gasteiger partial charge in [0.1, 0.15) is 0 Å². The summed E-state index contributed by atoms with van der Waals surface area (Å²) in [5.74, 6) is 1.14. The van der Waals surface area contributed by atoms with Gasteiger partial charge in [0.05, 0.1) is 0 Å². The molecule has 1 aromatic heterocycles. The Labute approximate surface area is 113 Å². The molecule has 0 bridgehead atoms. The molecule has 0 amide bonds. The smallest absolute Gasteiger partial charge is 0.170 e. The lowest BCUT2D eigenvalue weighted by Gasteiger charge is -2.35. The second kappa shape index (κ2) is 5.43. The van der Waals surface area contributed by atoms with Gasteiger partial charge >= 0.3 is 0 Å². The monoisotopic (exact) mass is 264 g/mol. The molecule has 1 saturated heterocycles. The van der Waals surface area contributed by atoms with Crippen molar-refractivity contribution in [2.75, 3.05) is 37.6 Å². The van der Waals surface area contributed by atoms with Crippen molar-refractivity contribution in [2.45, 2.75) is 19.4 Å². The fourth-order valence-electron chi connectivity index (χ4n) is 2.66. The Bertz CT molecular complexity index is 439. The molecule has 0 unspecified atom stereocenters. The van der Waals surface area contributed by atoms with Crippen molar-refractivity contribution in [3.63, 3.8) is 0 Å². The summed E-state index contributed by atoms with van der Waals surface area (Å²) in [6, 6.07) is 1.65. The minimum absolute atomic E-state index is 0.225. The average Bonchev–Trinajstić information content (AvgIpc) is 3.24. The normalized spacial score (nSPS) is 20.8. The summed E-state index contributed by atoms with van der Waals surface area (Å²) < 4.78 is 14.2. The van der Waals surface area contributed by atoms with E-state index in [1.807, 2.05) is 4.90 Å². The van der Waals surface area contributed by atoms with Crippen molar-refractivity contribution in [3.8, 4) is 0 Å². The van der Waals surface area contributed by atoms with Crippen LogP contribution in [0.1, 0.15) is 18.4 Å². The van der Waals surface area contributed by atoms with Crippen LogP contribution in [0.2, 0.25) is 0 Å². The van der Waals surface area contributed by atoms with Gasteiger partial charge in [-0.1, -0.05) is 0 Å². The predicted molar refractivity (Wildman–Crippen MR) is 73.5 cm³/mol. The van der Waals surface area contributed by atoms with Crippen molar-refractivity contribution in [3.05, 3.63) is 23.6 Å². The van der Waals surface area contributed by atoms with E-state index in [1.165, 1.54) is 19.4 Å². The number of hydrogen-bond acceptors (Lipinski definition) is 4. The fraction of sp³-hybridized carbons (Fsp3) is 0.643. The lowest BCUT2D eigenvalue weighted by molar-refractivity contribution is 0.247. The van der Waals surface area contributed by atoms with E-state index in [0.717, 1.165) is 32.1 Å². The number of halogens is 1. The standard InChI is InChI=1S/C14H21FN4/c15-13-12(9-16)3-4-17-14(13)19-7-5-18(6-8-19)10-11-1-2-11/h3-4,11H,1-2,5-10,16H2. The highest BCUT2D eigenvalue weighted by molar-refractivity contribution is 5.43. The van der Waals surface area contributed by atoms with Crippen LogP contribution < -0.4 is 10.6 Å². The molecule has 0 spiro atoms. The van der Waals surface area contributed by atoms with E-state index in [9.17, 15) is 4.39 Å². The van der Waals surface area contributed by atoms with Gasteiger partial charge in [0.25, 0.3) is 0 Å². The first-order valence-electron chi connectivity index (χ1n) is 7.08. The summed E-state index contributed by atoms with van der Waals surface area (Å²) in [5.41, 5.74) is 6.09. The first kappa shape index (κ1) is 12.8. The van der Waals surface area contributed by atoms with Crippen molar-refractivity contribution < 1.29 is 4.39 Å². The number of hydrogen-bond donors (Lipinski definition) is 1. The zero-order valence-electron chi connectivity index (χ0n) is 11.2. The number of aromatic nitrogens is 1. The van der Waals surface area contributed by atoms with Crippen molar-refractivity contribution >= 4 is 5.82 Å². The van der Waals surface area contributed by atoms with E-state index in [4.69, 9.17) is 5.73 Å². The summed E-state index contributed by atoms with van der Waals surface area (Å²) in [6.45, 7) is 5.15. The highest BCUT2D eigenvalue weighted by Crippen LogP contribution is 2.30. The maximum atomic E-state index is 14.2. The van der Waals surface area contributed by atoms with E-state index in [-0.39, 0.29) is 12.4 Å². The molecule has 5 heteroatoms. The molecule has 2 heterocycles. The van der Waals surface area contributed by atoms with Crippen LogP contribution >= 0.6 is 0 Å². The van der Waals surface area contributed by atoms with Gasteiger partial charge < -0.3 is 10.6 Å². The summed E-state index contributed by atoms with van der Waals surface area (Å²) in [6.07, 6.45) is 4.42. The van der Waals surface area contributed by atoms with Crippen LogP contribution in [0.25, 0.3) is 0 Å². The third-order valence-electron chi connectivity index (χ3n) is 4.06. The zero-order valence-corrected chi connectivity index (χ0v) is 11.2. The van der Waals surface area contributed by atoms with Crippen molar-refractivity contribution in [1.29, 1.82) is 0 Å². The molecule has 19 heavy (non-hydrogen) atoms. The first-order valence-corrected chi connectivity index (χ1v) is 7.08. The topological polar surface area (TPSA) is 45.4 Å². The molecule has 2 aliphatic rings. The number of nitrogens with two attached hydrogens (primary N) is 1. The molecule has 1 aliphatic heterocycles. The molecule has 104 valence electrons. The van der Waals surface area contributed by atoms with Crippen LogP contribution in [0, 0.1) is 11.7 Å². The lowest BCUT2D eigenvalue weighted by Crippen LogP contribution is -2.47. The molecule has 1 aliphatic carbocycles. The van der Waals surface area contributed by atoms with E-state index >= 15 is 0 Å². The summed E-state index contributed by atoms with van der Waals surface area (Å²) in [4.78, 5) is 8.71. The molecule has 0 atom stereocenters. The Kier molecular flexibility index (Phi) is 3.66. The molecule has 3 rings (SSSR count). The SMILES string of the molecule is NCc1ccnc(N2CCN(CC3CC3)CC2)c1F. The number of rotatable bonds is 4. The van der Waals surface area contributed by atoms with E-state index in [0.29, 0.717) is 11.4 Å². The van der Waals surface area contributed by atoms with Crippen LogP contribution in [-0.2, 0) is 6.54 Å². The molecular weight excluding hydrogens is 243 g/mol. The second-order valence-electron chi connectivity index (χ2n) is 5.54. The van der Waals surface area contributed by atoms with Gasteiger partial charge in [0.15, 0.2) is 11.6 Å². The minimum Gasteiger partial charge on any atom is -0.352 e. The molecule has 4 nitrogen and oxygen atoms in total. The van der Waals surface area contributed by atoms with Crippen molar-refractivity contribution in [1.82, 2.24) is 9.88 Å². The van der Waals surface area contributed by atoms with Crippen LogP contribution in [0.3, 0.4) is 0 Å². The number of pyridine rings is 1. The minimum atomic E-state index is -0.249. The van der Waals surface area contributed by atoms with Crippen LogP contribution in [-0.4, -0.2) is 42.6 Å². The van der Waals surface area contributed by atoms with Crippen LogP contribution in [0.15, 0.2) is 12.3 Å². The Morgan fingerprint density at radius 1 is 1.26 bits per heavy atom. The quantitative estimate of drug-likeness (QED) is 0.888. The third kappa shape index (κ3) is 2.87. The van der Waals surface area contributed by atoms with Gasteiger partial charge in [-0.3, -0.25) is 4.90 Å². The molecule has 2 N–H and O–H groups in total.